The Kier molecular flexibility index (Phi) is 5.78. The zero-order valence-electron chi connectivity index (χ0n) is 14.5. The van der Waals surface area contributed by atoms with Gasteiger partial charge in [0.05, 0.1) is 41.8 Å². The van der Waals surface area contributed by atoms with Crippen LogP contribution in [0.3, 0.4) is 0 Å². The summed E-state index contributed by atoms with van der Waals surface area (Å²) in [4.78, 5) is 26.0. The molecule has 1 amide bonds. The fraction of sp³-hybridized carbons (Fsp3) is 0.278. The van der Waals surface area contributed by atoms with E-state index in [1.165, 1.54) is 18.2 Å². The number of halogens is 1. The zero-order valence-corrected chi connectivity index (χ0v) is 15.3. The fourth-order valence-corrected chi connectivity index (χ4v) is 3.23. The largest absolute Gasteiger partial charge is 0.508 e. The number of carbonyl (C=O) groups is 1. The summed E-state index contributed by atoms with van der Waals surface area (Å²) in [6.45, 7) is 3.44. The highest BCUT2D eigenvalue weighted by molar-refractivity contribution is 6.33. The van der Waals surface area contributed by atoms with Gasteiger partial charge in [0, 0.05) is 17.8 Å². The lowest BCUT2D eigenvalue weighted by Gasteiger charge is -2.33. The number of nitrogens with zero attached hydrogens (tertiary/aromatic N) is 2. The van der Waals surface area contributed by atoms with Crippen LogP contribution in [-0.2, 0) is 4.79 Å². The highest BCUT2D eigenvalue weighted by atomic mass is 35.5. The number of piperazine rings is 1. The molecule has 142 valence electrons. The lowest BCUT2D eigenvalue weighted by atomic mass is 10.2. The molecule has 2 aromatic rings. The summed E-state index contributed by atoms with van der Waals surface area (Å²) in [6, 6.07) is 11.0. The van der Waals surface area contributed by atoms with Gasteiger partial charge >= 0.3 is 0 Å². The molecule has 1 aliphatic heterocycles. The van der Waals surface area contributed by atoms with E-state index in [1.54, 1.807) is 12.1 Å². The first-order valence-electron chi connectivity index (χ1n) is 8.54. The Morgan fingerprint density at radius 3 is 2.52 bits per heavy atom. The van der Waals surface area contributed by atoms with Gasteiger partial charge in [-0.2, -0.15) is 0 Å². The molecular formula is C18H20ClN4O4+. The molecule has 1 heterocycles. The molecule has 0 radical (unpaired) electrons. The Morgan fingerprint density at radius 2 is 1.89 bits per heavy atom. The molecule has 9 heteroatoms. The van der Waals surface area contributed by atoms with Crippen LogP contribution in [0.2, 0.25) is 5.02 Å². The van der Waals surface area contributed by atoms with Gasteiger partial charge in [-0.3, -0.25) is 14.9 Å². The third-order valence-electron chi connectivity index (χ3n) is 4.53. The molecule has 0 atom stereocenters. The zero-order chi connectivity index (χ0) is 19.4. The van der Waals surface area contributed by atoms with E-state index in [1.807, 2.05) is 12.1 Å². The monoisotopic (exact) mass is 391 g/mol. The molecule has 2 aromatic carbocycles. The predicted molar refractivity (Wildman–Crippen MR) is 103 cm³/mol. The van der Waals surface area contributed by atoms with Gasteiger partial charge in [0.25, 0.3) is 11.6 Å². The Hall–Kier alpha value is -2.84. The van der Waals surface area contributed by atoms with Gasteiger partial charge in [-0.15, -0.1) is 0 Å². The van der Waals surface area contributed by atoms with Crippen LogP contribution in [0.15, 0.2) is 42.5 Å². The molecule has 0 spiro atoms. The molecule has 0 aromatic heterocycles. The number of benzene rings is 2. The Bertz CT molecular complexity index is 836. The summed E-state index contributed by atoms with van der Waals surface area (Å²) in [5.74, 6) is 0.00460. The molecule has 1 fully saturated rings. The maximum atomic E-state index is 12.3. The number of aromatic hydroxyl groups is 1. The molecule has 27 heavy (non-hydrogen) atoms. The van der Waals surface area contributed by atoms with Gasteiger partial charge in [0.15, 0.2) is 6.54 Å². The number of hydrogen-bond donors (Lipinski definition) is 3. The minimum Gasteiger partial charge on any atom is -0.508 e. The average molecular weight is 392 g/mol. The van der Waals surface area contributed by atoms with Crippen molar-refractivity contribution in [2.24, 2.45) is 0 Å². The van der Waals surface area contributed by atoms with Crippen molar-refractivity contribution in [2.45, 2.75) is 0 Å². The van der Waals surface area contributed by atoms with Crippen LogP contribution < -0.4 is 15.1 Å². The summed E-state index contributed by atoms with van der Waals surface area (Å²) in [7, 11) is 0. The molecule has 0 unspecified atom stereocenters. The number of hydrogen-bond acceptors (Lipinski definition) is 5. The van der Waals surface area contributed by atoms with Crippen molar-refractivity contribution < 1.29 is 19.7 Å². The van der Waals surface area contributed by atoms with E-state index in [2.05, 4.69) is 10.2 Å². The van der Waals surface area contributed by atoms with Crippen LogP contribution in [0.1, 0.15) is 0 Å². The Morgan fingerprint density at radius 1 is 1.22 bits per heavy atom. The first kappa shape index (κ1) is 18.9. The number of rotatable bonds is 5. The summed E-state index contributed by atoms with van der Waals surface area (Å²) in [5.41, 5.74) is 1.17. The van der Waals surface area contributed by atoms with E-state index in [0.717, 1.165) is 36.8 Å². The van der Waals surface area contributed by atoms with Crippen molar-refractivity contribution in [3.05, 3.63) is 57.6 Å². The molecule has 1 aliphatic rings. The molecule has 0 bridgehead atoms. The SMILES string of the molecule is O=C(C[NH+]1CCN(c2ccc(O)cc2)CC1)Nc1cc([N+](=O)[O-])ccc1Cl. The molecule has 8 nitrogen and oxygen atoms in total. The summed E-state index contributed by atoms with van der Waals surface area (Å²) in [5, 5.41) is 23.2. The molecule has 3 N–H and O–H groups in total. The van der Waals surface area contributed by atoms with E-state index in [4.69, 9.17) is 11.6 Å². The molecule has 3 rings (SSSR count). The summed E-state index contributed by atoms with van der Waals surface area (Å²) in [6.07, 6.45) is 0. The van der Waals surface area contributed by atoms with Crippen molar-refractivity contribution in [1.82, 2.24) is 0 Å². The van der Waals surface area contributed by atoms with Gasteiger partial charge < -0.3 is 20.2 Å². The number of carbonyl (C=O) groups excluding carboxylic acids is 1. The smallest absolute Gasteiger partial charge is 0.279 e. The number of nitro groups is 1. The quantitative estimate of drug-likeness (QED) is 0.527. The maximum Gasteiger partial charge on any atom is 0.279 e. The van der Waals surface area contributed by atoms with Gasteiger partial charge in [-0.25, -0.2) is 0 Å². The number of phenolic OH excluding ortho intramolecular Hbond substituents is 1. The second-order valence-electron chi connectivity index (χ2n) is 6.40. The van der Waals surface area contributed by atoms with Crippen molar-refractivity contribution in [2.75, 3.05) is 42.9 Å². The van der Waals surface area contributed by atoms with Crippen LogP contribution in [0, 0.1) is 10.1 Å². The lowest BCUT2D eigenvalue weighted by Crippen LogP contribution is -3.15. The fourth-order valence-electron chi connectivity index (χ4n) is 3.07. The number of non-ortho nitro benzene ring substituents is 1. The third kappa shape index (κ3) is 4.87. The Balaban J connectivity index is 1.53. The highest BCUT2D eigenvalue weighted by Gasteiger charge is 2.23. The molecule has 0 saturated carbocycles. The minimum atomic E-state index is -0.528. The topological polar surface area (TPSA) is 100 Å². The van der Waals surface area contributed by atoms with Crippen LogP contribution in [0.4, 0.5) is 17.1 Å². The second-order valence-corrected chi connectivity index (χ2v) is 6.81. The van der Waals surface area contributed by atoms with E-state index in [0.29, 0.717) is 0 Å². The highest BCUT2D eigenvalue weighted by Crippen LogP contribution is 2.26. The number of amides is 1. The predicted octanol–water partition coefficient (Wildman–Crippen LogP) is 1.30. The van der Waals surface area contributed by atoms with Crippen molar-refractivity contribution >= 4 is 34.6 Å². The third-order valence-corrected chi connectivity index (χ3v) is 4.86. The first-order chi connectivity index (χ1) is 12.9. The Labute approximate surface area is 161 Å². The number of nitro benzene ring substituents is 1. The van der Waals surface area contributed by atoms with E-state index in [9.17, 15) is 20.0 Å². The second kappa shape index (κ2) is 8.24. The number of phenols is 1. The van der Waals surface area contributed by atoms with Crippen molar-refractivity contribution in [3.8, 4) is 5.75 Å². The minimum absolute atomic E-state index is 0.121. The molecule has 0 aliphatic carbocycles. The number of anilines is 2. The van der Waals surface area contributed by atoms with E-state index < -0.39 is 4.92 Å². The van der Waals surface area contributed by atoms with Crippen molar-refractivity contribution in [1.29, 1.82) is 0 Å². The van der Waals surface area contributed by atoms with Gasteiger partial charge in [0.1, 0.15) is 5.75 Å². The van der Waals surface area contributed by atoms with Crippen LogP contribution in [0.25, 0.3) is 0 Å². The number of quaternary nitrogens is 1. The van der Waals surface area contributed by atoms with Gasteiger partial charge in [-0.05, 0) is 30.3 Å². The van der Waals surface area contributed by atoms with E-state index in [-0.39, 0.29) is 34.6 Å². The number of nitrogens with one attached hydrogen (secondary N) is 2. The first-order valence-corrected chi connectivity index (χ1v) is 8.91. The van der Waals surface area contributed by atoms with Gasteiger partial charge in [0.2, 0.25) is 0 Å². The average Bonchev–Trinajstić information content (AvgIpc) is 2.64. The van der Waals surface area contributed by atoms with Crippen LogP contribution in [-0.4, -0.2) is 48.7 Å². The summed E-state index contributed by atoms with van der Waals surface area (Å²) >= 11 is 6.02. The summed E-state index contributed by atoms with van der Waals surface area (Å²) < 4.78 is 0. The van der Waals surface area contributed by atoms with Crippen LogP contribution >= 0.6 is 11.6 Å². The standard InChI is InChI=1S/C18H19ClN4O4/c19-16-6-3-14(23(26)27)11-17(16)20-18(25)12-21-7-9-22(10-8-21)13-1-4-15(24)5-2-13/h1-6,11,24H,7-10,12H2,(H,20,25)/p+1. The normalized spacial score (nSPS) is 14.8. The molecular weight excluding hydrogens is 372 g/mol. The molecule has 1 saturated heterocycles. The van der Waals surface area contributed by atoms with Crippen LogP contribution in [0.5, 0.6) is 5.75 Å². The van der Waals surface area contributed by atoms with E-state index >= 15 is 0 Å². The van der Waals surface area contributed by atoms with Gasteiger partial charge in [-0.1, -0.05) is 11.6 Å². The lowest BCUT2D eigenvalue weighted by molar-refractivity contribution is -0.892. The maximum absolute atomic E-state index is 12.3. The van der Waals surface area contributed by atoms with Crippen molar-refractivity contribution in [3.63, 3.8) is 0 Å².